The first-order chi connectivity index (χ1) is 20.7. The van der Waals surface area contributed by atoms with Crippen LogP contribution in [0.5, 0.6) is 0 Å². The highest BCUT2D eigenvalue weighted by Crippen LogP contribution is 2.51. The van der Waals surface area contributed by atoms with Crippen LogP contribution in [0.15, 0.2) is 81.7 Å². The molecular formula is C40H47Br2N. The van der Waals surface area contributed by atoms with Crippen LogP contribution in [0.2, 0.25) is 0 Å². The third kappa shape index (κ3) is 6.99. The van der Waals surface area contributed by atoms with E-state index in [0.29, 0.717) is 0 Å². The minimum Gasteiger partial charge on any atom is -0.310 e. The van der Waals surface area contributed by atoms with Gasteiger partial charge in [0.15, 0.2) is 0 Å². The van der Waals surface area contributed by atoms with Gasteiger partial charge in [0.1, 0.15) is 0 Å². The summed E-state index contributed by atoms with van der Waals surface area (Å²) in [5.74, 6) is 0. The summed E-state index contributed by atoms with van der Waals surface area (Å²) in [5, 5.41) is 0. The fourth-order valence-corrected chi connectivity index (χ4v) is 7.58. The molecule has 1 aliphatic carbocycles. The average molecular weight is 702 g/mol. The van der Waals surface area contributed by atoms with E-state index in [-0.39, 0.29) is 5.41 Å². The zero-order valence-electron chi connectivity index (χ0n) is 26.7. The Morgan fingerprint density at radius 2 is 1.02 bits per heavy atom. The van der Waals surface area contributed by atoms with E-state index >= 15 is 0 Å². The van der Waals surface area contributed by atoms with Crippen molar-refractivity contribution in [2.24, 2.45) is 0 Å². The molecule has 0 atom stereocenters. The number of rotatable bonds is 13. The molecule has 1 aliphatic rings. The van der Waals surface area contributed by atoms with E-state index < -0.39 is 0 Å². The molecule has 0 aromatic heterocycles. The summed E-state index contributed by atoms with van der Waals surface area (Å²) in [4.78, 5) is 2.48. The van der Waals surface area contributed by atoms with E-state index in [1.54, 1.807) is 0 Å². The van der Waals surface area contributed by atoms with Gasteiger partial charge in [-0.3, -0.25) is 0 Å². The Balaban J connectivity index is 1.59. The molecule has 0 saturated heterocycles. The molecule has 0 saturated carbocycles. The minimum absolute atomic E-state index is 0.0489. The lowest BCUT2D eigenvalue weighted by Crippen LogP contribution is -2.17. The first-order valence-electron chi connectivity index (χ1n) is 16.4. The molecular weight excluding hydrogens is 654 g/mol. The fraction of sp³-hybridized carbons (Fsp3) is 0.400. The van der Waals surface area contributed by atoms with Crippen molar-refractivity contribution in [3.8, 4) is 11.1 Å². The van der Waals surface area contributed by atoms with Gasteiger partial charge in [0.2, 0.25) is 0 Å². The quantitative estimate of drug-likeness (QED) is 0.125. The molecule has 0 spiro atoms. The van der Waals surface area contributed by atoms with E-state index in [1.165, 1.54) is 116 Å². The van der Waals surface area contributed by atoms with Gasteiger partial charge in [-0.1, -0.05) is 128 Å². The van der Waals surface area contributed by atoms with Gasteiger partial charge in [0, 0.05) is 31.4 Å². The molecule has 4 aromatic rings. The summed E-state index contributed by atoms with van der Waals surface area (Å²) in [5.41, 5.74) is 13.3. The standard InChI is InChI=1S/C40H47Br2N/c1-6-8-10-12-14-29-25-31(18-22-38(29)41)43(32-19-23-39(42)30(26-32)15-13-11-9-7-2)33-17-21-35-34-20-16-28(3)24-36(34)40(4,5)37(35)27-33/h16-27H,6-15H2,1-5H3. The largest absolute Gasteiger partial charge is 0.310 e. The van der Waals surface area contributed by atoms with Crippen molar-refractivity contribution in [2.75, 3.05) is 4.90 Å². The third-order valence-electron chi connectivity index (χ3n) is 9.25. The van der Waals surface area contributed by atoms with Crippen LogP contribution in [0, 0.1) is 6.92 Å². The second kappa shape index (κ2) is 14.2. The number of hydrogen-bond acceptors (Lipinski definition) is 1. The van der Waals surface area contributed by atoms with Crippen LogP contribution >= 0.6 is 31.9 Å². The maximum absolute atomic E-state index is 3.88. The van der Waals surface area contributed by atoms with E-state index in [2.05, 4.69) is 144 Å². The number of fused-ring (bicyclic) bond motifs is 3. The zero-order valence-corrected chi connectivity index (χ0v) is 29.9. The maximum atomic E-state index is 3.88. The molecule has 0 fully saturated rings. The number of benzene rings is 4. The summed E-state index contributed by atoms with van der Waals surface area (Å²) in [6, 6.07) is 28.0. The number of anilines is 3. The normalized spacial score (nSPS) is 13.2. The molecule has 4 aromatic carbocycles. The van der Waals surface area contributed by atoms with Crippen molar-refractivity contribution in [2.45, 2.75) is 104 Å². The Bertz CT molecular complexity index is 1510. The molecule has 226 valence electrons. The molecule has 0 aliphatic heterocycles. The Hall–Kier alpha value is -2.36. The third-order valence-corrected chi connectivity index (χ3v) is 10.8. The Kier molecular flexibility index (Phi) is 10.6. The summed E-state index contributed by atoms with van der Waals surface area (Å²) >= 11 is 7.75. The van der Waals surface area contributed by atoms with Crippen LogP contribution in [-0.2, 0) is 18.3 Å². The minimum atomic E-state index is -0.0489. The fourth-order valence-electron chi connectivity index (χ4n) is 6.69. The van der Waals surface area contributed by atoms with Crippen LogP contribution in [0.25, 0.3) is 11.1 Å². The first-order valence-corrected chi connectivity index (χ1v) is 18.0. The van der Waals surface area contributed by atoms with Crippen molar-refractivity contribution in [3.05, 3.63) is 110 Å². The van der Waals surface area contributed by atoms with E-state index in [9.17, 15) is 0 Å². The van der Waals surface area contributed by atoms with Gasteiger partial charge in [-0.15, -0.1) is 0 Å². The summed E-state index contributed by atoms with van der Waals surface area (Å²) < 4.78 is 2.42. The van der Waals surface area contributed by atoms with Gasteiger partial charge >= 0.3 is 0 Å². The zero-order chi connectivity index (χ0) is 30.6. The number of unbranched alkanes of at least 4 members (excludes halogenated alkanes) is 6. The van der Waals surface area contributed by atoms with Crippen molar-refractivity contribution in [3.63, 3.8) is 0 Å². The summed E-state index contributed by atoms with van der Waals surface area (Å²) in [6.07, 6.45) is 12.3. The van der Waals surface area contributed by atoms with Gasteiger partial charge in [-0.05, 0) is 115 Å². The van der Waals surface area contributed by atoms with Crippen LogP contribution < -0.4 is 4.90 Å². The van der Waals surface area contributed by atoms with Crippen LogP contribution in [0.3, 0.4) is 0 Å². The molecule has 0 amide bonds. The lowest BCUT2D eigenvalue weighted by Gasteiger charge is -2.29. The predicted molar refractivity (Wildman–Crippen MR) is 195 cm³/mol. The Morgan fingerprint density at radius 1 is 0.558 bits per heavy atom. The van der Waals surface area contributed by atoms with E-state index in [1.807, 2.05) is 0 Å². The SMILES string of the molecule is CCCCCCc1cc(N(c2ccc(Br)c(CCCCCC)c2)c2ccc3c(c2)C(C)(C)c2cc(C)ccc2-3)ccc1Br. The van der Waals surface area contributed by atoms with E-state index in [4.69, 9.17) is 0 Å². The second-order valence-corrected chi connectivity index (χ2v) is 14.6. The van der Waals surface area contributed by atoms with Crippen molar-refractivity contribution in [1.29, 1.82) is 0 Å². The topological polar surface area (TPSA) is 3.24 Å². The Morgan fingerprint density at radius 3 is 1.56 bits per heavy atom. The van der Waals surface area contributed by atoms with Crippen molar-refractivity contribution < 1.29 is 0 Å². The molecule has 5 rings (SSSR count). The van der Waals surface area contributed by atoms with Gasteiger partial charge < -0.3 is 4.90 Å². The molecule has 43 heavy (non-hydrogen) atoms. The maximum Gasteiger partial charge on any atom is 0.0465 e. The molecule has 0 radical (unpaired) electrons. The van der Waals surface area contributed by atoms with Crippen LogP contribution in [0.4, 0.5) is 17.1 Å². The molecule has 1 nitrogen and oxygen atoms in total. The highest BCUT2D eigenvalue weighted by atomic mass is 79.9. The molecule has 0 heterocycles. The number of aryl methyl sites for hydroxylation is 3. The van der Waals surface area contributed by atoms with Crippen LogP contribution in [-0.4, -0.2) is 0 Å². The smallest absolute Gasteiger partial charge is 0.0465 e. The number of halogens is 2. The monoisotopic (exact) mass is 699 g/mol. The van der Waals surface area contributed by atoms with Gasteiger partial charge in [-0.25, -0.2) is 0 Å². The van der Waals surface area contributed by atoms with Crippen molar-refractivity contribution in [1.82, 2.24) is 0 Å². The lowest BCUT2D eigenvalue weighted by atomic mass is 9.82. The van der Waals surface area contributed by atoms with Gasteiger partial charge in [0.25, 0.3) is 0 Å². The lowest BCUT2D eigenvalue weighted by molar-refractivity contribution is 0.660. The second-order valence-electron chi connectivity index (χ2n) is 12.9. The first kappa shape index (κ1) is 32.0. The number of nitrogens with zero attached hydrogens (tertiary/aromatic N) is 1. The highest BCUT2D eigenvalue weighted by Gasteiger charge is 2.36. The molecule has 0 N–H and O–H groups in total. The molecule has 0 bridgehead atoms. The van der Waals surface area contributed by atoms with Gasteiger partial charge in [-0.2, -0.15) is 0 Å². The average Bonchev–Trinajstić information content (AvgIpc) is 3.21. The summed E-state index contributed by atoms with van der Waals surface area (Å²) in [7, 11) is 0. The summed E-state index contributed by atoms with van der Waals surface area (Å²) in [6.45, 7) is 11.5. The van der Waals surface area contributed by atoms with Crippen LogP contribution in [0.1, 0.15) is 107 Å². The van der Waals surface area contributed by atoms with Crippen molar-refractivity contribution >= 4 is 48.9 Å². The molecule has 3 heteroatoms. The Labute approximate surface area is 277 Å². The number of hydrogen-bond donors (Lipinski definition) is 0. The van der Waals surface area contributed by atoms with E-state index in [0.717, 1.165) is 12.8 Å². The van der Waals surface area contributed by atoms with Gasteiger partial charge in [0.05, 0.1) is 0 Å². The predicted octanol–water partition coefficient (Wildman–Crippen LogP) is 13.5. The molecule has 0 unspecified atom stereocenters. The highest BCUT2D eigenvalue weighted by molar-refractivity contribution is 9.10.